The topological polar surface area (TPSA) is 46.2 Å². The van der Waals surface area contributed by atoms with Gasteiger partial charge in [0.1, 0.15) is 0 Å². The van der Waals surface area contributed by atoms with Crippen molar-refractivity contribution in [3.63, 3.8) is 0 Å². The molecule has 0 aromatic heterocycles. The summed E-state index contributed by atoms with van der Waals surface area (Å²) in [5.74, 6) is -7.76. The van der Waals surface area contributed by atoms with Crippen molar-refractivity contribution < 1.29 is 27.2 Å². The van der Waals surface area contributed by atoms with Gasteiger partial charge < -0.3 is 5.32 Å². The molecular weight excluding hydrogens is 298 g/mol. The Morgan fingerprint density at radius 2 is 1.94 bits per heavy atom. The number of carbonyl (C=O) groups excluding carboxylic acids is 2. The van der Waals surface area contributed by atoms with Crippen molar-refractivity contribution in [1.29, 1.82) is 0 Å². The Bertz CT molecular complexity index is 304. The zero-order chi connectivity index (χ0) is 14.3. The molecule has 1 unspecified atom stereocenters. The minimum Gasteiger partial charge on any atom is -0.341 e. The summed E-state index contributed by atoms with van der Waals surface area (Å²) >= 11 is 6.56. The average molecular weight is 310 g/mol. The van der Waals surface area contributed by atoms with Gasteiger partial charge in [-0.15, -0.1) is 11.6 Å². The zero-order valence-corrected chi connectivity index (χ0v) is 11.0. The molecule has 0 heterocycles. The van der Waals surface area contributed by atoms with Crippen molar-refractivity contribution in [3.05, 3.63) is 0 Å². The number of ketones is 1. The quantitative estimate of drug-likeness (QED) is 0.550. The Labute approximate surface area is 111 Å². The van der Waals surface area contributed by atoms with E-state index in [2.05, 4.69) is 0 Å². The molecule has 0 aromatic carbocycles. The molecule has 9 heteroatoms. The van der Waals surface area contributed by atoms with E-state index < -0.39 is 36.0 Å². The number of rotatable bonds is 8. The fraction of sp³-hybridized carbons (Fsp3) is 0.778. The van der Waals surface area contributed by atoms with Crippen molar-refractivity contribution in [1.82, 2.24) is 5.32 Å². The molecule has 1 amide bonds. The van der Waals surface area contributed by atoms with E-state index in [4.69, 9.17) is 11.6 Å². The van der Waals surface area contributed by atoms with Crippen molar-refractivity contribution in [2.75, 3.05) is 17.9 Å². The summed E-state index contributed by atoms with van der Waals surface area (Å²) in [6.45, 7) is 0. The van der Waals surface area contributed by atoms with Crippen LogP contribution in [0.15, 0.2) is 0 Å². The predicted molar refractivity (Wildman–Crippen MR) is 61.6 cm³/mol. The number of carbonyl (C=O) groups is 2. The molecule has 0 aliphatic carbocycles. The number of alkyl halides is 5. The molecule has 3 nitrogen and oxygen atoms in total. The van der Waals surface area contributed by atoms with Gasteiger partial charge in [-0.3, -0.25) is 9.59 Å². The van der Waals surface area contributed by atoms with Gasteiger partial charge in [0.15, 0.2) is 5.78 Å². The largest absolute Gasteiger partial charge is 0.383 e. The third kappa shape index (κ3) is 5.01. The first-order valence-corrected chi connectivity index (χ1v) is 6.74. The minimum atomic E-state index is -4.82. The second-order valence-corrected chi connectivity index (χ2v) is 4.58. The highest BCUT2D eigenvalue weighted by Gasteiger charge is 2.49. The highest BCUT2D eigenvalue weighted by Crippen LogP contribution is 2.23. The summed E-state index contributed by atoms with van der Waals surface area (Å²) < 4.78 is 49.2. The molecule has 1 N–H and O–H groups in total. The zero-order valence-electron chi connectivity index (χ0n) is 9.39. The molecule has 0 saturated carbocycles. The second kappa shape index (κ2) is 7.83. The van der Waals surface area contributed by atoms with Crippen LogP contribution in [0.3, 0.4) is 0 Å². The first-order valence-electron chi connectivity index (χ1n) is 4.81. The smallest absolute Gasteiger partial charge is 0.341 e. The molecule has 0 fully saturated rings. The van der Waals surface area contributed by atoms with Crippen LogP contribution in [0.2, 0.25) is 0 Å². The fourth-order valence-corrected chi connectivity index (χ4v) is 1.65. The minimum absolute atomic E-state index is 0.0534. The van der Waals surface area contributed by atoms with Crippen LogP contribution < -0.4 is 5.32 Å². The molecule has 0 spiro atoms. The molecule has 0 saturated heterocycles. The lowest BCUT2D eigenvalue weighted by atomic mass is 10.1. The highest BCUT2D eigenvalue weighted by atomic mass is 35.5. The first-order chi connectivity index (χ1) is 8.27. The summed E-state index contributed by atoms with van der Waals surface area (Å²) in [6, 6.07) is -1.27. The van der Waals surface area contributed by atoms with E-state index in [1.807, 2.05) is 0 Å². The van der Waals surface area contributed by atoms with Crippen LogP contribution in [0.1, 0.15) is 6.42 Å². The van der Waals surface area contributed by atoms with E-state index in [0.717, 1.165) is 0 Å². The van der Waals surface area contributed by atoms with Crippen LogP contribution in [0, 0.1) is 0 Å². The number of halogens is 5. The summed E-state index contributed by atoms with van der Waals surface area (Å²) in [7, 11) is 0. The van der Waals surface area contributed by atoms with E-state index >= 15 is 0 Å². The van der Waals surface area contributed by atoms with Crippen LogP contribution in [0.4, 0.5) is 17.6 Å². The molecule has 0 aromatic rings. The van der Waals surface area contributed by atoms with Gasteiger partial charge in [0.05, 0.1) is 11.9 Å². The third-order valence-electron chi connectivity index (χ3n) is 2.01. The fourth-order valence-electron chi connectivity index (χ4n) is 0.996. The van der Waals surface area contributed by atoms with Gasteiger partial charge in [-0.25, -0.2) is 8.78 Å². The Morgan fingerprint density at radius 3 is 2.33 bits per heavy atom. The number of amides is 1. The number of nitrogens with one attached hydrogen (secondary N) is 1. The van der Waals surface area contributed by atoms with Crippen LogP contribution >= 0.6 is 23.4 Å². The van der Waals surface area contributed by atoms with Gasteiger partial charge >= 0.3 is 12.3 Å². The maximum absolute atomic E-state index is 12.7. The van der Waals surface area contributed by atoms with Crippen LogP contribution in [-0.4, -0.2) is 48.0 Å². The van der Waals surface area contributed by atoms with Gasteiger partial charge in [-0.05, 0) is 18.4 Å². The SMILES string of the molecule is CSCCC(NC(=O)C(F)(F)C(F)F)C(=O)CCl. The van der Waals surface area contributed by atoms with Crippen LogP contribution in [0.5, 0.6) is 0 Å². The maximum Gasteiger partial charge on any atom is 0.383 e. The Morgan fingerprint density at radius 1 is 1.39 bits per heavy atom. The molecule has 0 aliphatic rings. The monoisotopic (exact) mass is 309 g/mol. The van der Waals surface area contributed by atoms with Crippen molar-refractivity contribution in [2.24, 2.45) is 0 Å². The lowest BCUT2D eigenvalue weighted by Crippen LogP contribution is -2.51. The standard InChI is InChI=1S/C9H12ClF4NO2S/c1-18-3-2-5(6(16)4-10)15-8(17)9(13,14)7(11)12/h5,7H,2-4H2,1H3,(H,15,17). The summed E-state index contributed by atoms with van der Waals surface area (Å²) in [4.78, 5) is 22.2. The first kappa shape index (κ1) is 17.5. The highest BCUT2D eigenvalue weighted by molar-refractivity contribution is 7.98. The lowest BCUT2D eigenvalue weighted by Gasteiger charge is -2.20. The van der Waals surface area contributed by atoms with Crippen LogP contribution in [-0.2, 0) is 9.59 Å². The third-order valence-corrected chi connectivity index (χ3v) is 2.92. The van der Waals surface area contributed by atoms with E-state index in [0.29, 0.717) is 5.75 Å². The van der Waals surface area contributed by atoms with Crippen molar-refractivity contribution in [2.45, 2.75) is 24.8 Å². The summed E-state index contributed by atoms with van der Waals surface area (Å²) in [6.07, 6.45) is -2.36. The Kier molecular flexibility index (Phi) is 7.61. The van der Waals surface area contributed by atoms with E-state index in [1.54, 1.807) is 11.6 Å². The second-order valence-electron chi connectivity index (χ2n) is 3.33. The summed E-state index contributed by atoms with van der Waals surface area (Å²) in [5.41, 5.74) is 0. The molecule has 0 rings (SSSR count). The van der Waals surface area contributed by atoms with Gasteiger partial charge in [-0.1, -0.05) is 0 Å². The number of Topliss-reactive ketones (excluding diaryl/α,β-unsaturated/α-hetero) is 1. The van der Waals surface area contributed by atoms with Crippen molar-refractivity contribution >= 4 is 35.1 Å². The normalized spacial score (nSPS) is 13.5. The Balaban J connectivity index is 4.67. The molecule has 106 valence electrons. The number of thioether (sulfide) groups is 1. The molecule has 1 atom stereocenters. The van der Waals surface area contributed by atoms with Gasteiger partial charge in [0, 0.05) is 0 Å². The lowest BCUT2D eigenvalue weighted by molar-refractivity contribution is -0.170. The molecule has 0 aliphatic heterocycles. The maximum atomic E-state index is 12.7. The summed E-state index contributed by atoms with van der Waals surface area (Å²) in [5, 5.41) is 1.61. The molecule has 0 radical (unpaired) electrons. The number of hydrogen-bond acceptors (Lipinski definition) is 3. The Hall–Kier alpha value is -0.500. The average Bonchev–Trinajstić information content (AvgIpc) is 2.32. The molecule has 18 heavy (non-hydrogen) atoms. The van der Waals surface area contributed by atoms with Crippen LogP contribution in [0.25, 0.3) is 0 Å². The van der Waals surface area contributed by atoms with Gasteiger partial charge in [0.2, 0.25) is 0 Å². The predicted octanol–water partition coefficient (Wildman–Crippen LogP) is 1.93. The molecular formula is C9H12ClF4NO2S. The van der Waals surface area contributed by atoms with Gasteiger partial charge in [-0.2, -0.15) is 20.5 Å². The van der Waals surface area contributed by atoms with E-state index in [9.17, 15) is 27.2 Å². The van der Waals surface area contributed by atoms with Crippen molar-refractivity contribution in [3.8, 4) is 0 Å². The van der Waals surface area contributed by atoms with E-state index in [1.165, 1.54) is 11.8 Å². The number of hydrogen-bond donors (Lipinski definition) is 1. The molecule has 0 bridgehead atoms. The van der Waals surface area contributed by atoms with Gasteiger partial charge in [0.25, 0.3) is 5.91 Å². The van der Waals surface area contributed by atoms with E-state index in [-0.39, 0.29) is 6.42 Å².